The molecule has 0 radical (unpaired) electrons. The third-order valence-corrected chi connectivity index (χ3v) is 16.3. The number of amides is 4. The van der Waals surface area contributed by atoms with Gasteiger partial charge in [-0.05, 0) is 150 Å². The minimum absolute atomic E-state index is 0.0746. The lowest BCUT2D eigenvalue weighted by molar-refractivity contribution is -0.138. The van der Waals surface area contributed by atoms with E-state index in [0.29, 0.717) is 57.1 Å². The highest BCUT2D eigenvalue weighted by Crippen LogP contribution is 2.30. The van der Waals surface area contributed by atoms with Crippen LogP contribution < -0.4 is 10.6 Å². The third kappa shape index (κ3) is 18.4. The van der Waals surface area contributed by atoms with Crippen molar-refractivity contribution in [2.24, 2.45) is 0 Å². The maximum absolute atomic E-state index is 13.4. The van der Waals surface area contributed by atoms with Crippen LogP contribution in [-0.2, 0) is 51.5 Å². The number of anilines is 2. The largest absolute Gasteiger partial charge is 0.480 e. The van der Waals surface area contributed by atoms with E-state index in [1.807, 2.05) is 128 Å². The van der Waals surface area contributed by atoms with Crippen molar-refractivity contribution in [1.29, 1.82) is 0 Å². The molecule has 12 rings (SSSR count). The Morgan fingerprint density at radius 3 is 1.09 bits per heavy atom. The number of aliphatic carboxylic acids is 2. The number of hydrogen-bond acceptors (Lipinski definition) is 12. The van der Waals surface area contributed by atoms with E-state index in [0.717, 1.165) is 73.2 Å². The molecule has 18 heteroatoms. The van der Waals surface area contributed by atoms with Gasteiger partial charge >= 0.3 is 11.9 Å². The number of carbonyl (C=O) groups is 6. The summed E-state index contributed by atoms with van der Waals surface area (Å²) < 4.78 is 11.1. The second-order valence-corrected chi connectivity index (χ2v) is 24.0. The summed E-state index contributed by atoms with van der Waals surface area (Å²) >= 11 is 0. The minimum Gasteiger partial charge on any atom is -0.480 e. The third-order valence-electron chi connectivity index (χ3n) is 16.3. The molecular weight excluding hydrogens is 1240 g/mol. The number of benzene rings is 10. The van der Waals surface area contributed by atoms with Gasteiger partial charge in [-0.2, -0.15) is 9.97 Å². The number of aromatic nitrogens is 4. The molecule has 0 atom stereocenters. The van der Waals surface area contributed by atoms with Gasteiger partial charge in [0.2, 0.25) is 23.5 Å². The van der Waals surface area contributed by atoms with Crippen molar-refractivity contribution in [2.75, 3.05) is 23.7 Å². The van der Waals surface area contributed by atoms with Crippen LogP contribution in [0.15, 0.2) is 252 Å². The highest BCUT2D eigenvalue weighted by Gasteiger charge is 2.23. The first-order valence-corrected chi connectivity index (χ1v) is 32.1. The molecule has 494 valence electrons. The topological polar surface area (TPSA) is 251 Å². The molecular formula is C81H70N8O10. The average Bonchev–Trinajstić information content (AvgIpc) is 1.66. The number of carbonyl (C=O) groups excluding carboxylic acids is 4. The van der Waals surface area contributed by atoms with Gasteiger partial charge in [-0.3, -0.25) is 28.8 Å². The normalized spacial score (nSPS) is 10.8. The molecule has 0 fully saturated rings. The molecule has 0 unspecified atom stereocenters. The number of nitrogens with zero attached hydrogens (tertiary/aromatic N) is 6. The molecule has 0 aliphatic carbocycles. The Bertz CT molecular complexity index is 4800. The molecule has 2 aromatic heterocycles. The molecule has 0 spiro atoms. The molecule has 18 nitrogen and oxygen atoms in total. The summed E-state index contributed by atoms with van der Waals surface area (Å²) in [5, 5.41) is 33.1. The Hall–Kier alpha value is -12.7. The van der Waals surface area contributed by atoms with E-state index >= 15 is 0 Å². The lowest BCUT2D eigenvalue weighted by atomic mass is 10.0. The predicted molar refractivity (Wildman–Crippen MR) is 380 cm³/mol. The Balaban J connectivity index is 0.000000200. The number of nitrogens with one attached hydrogen (secondary N) is 2. The molecule has 2 heterocycles. The fourth-order valence-electron chi connectivity index (χ4n) is 11.0. The summed E-state index contributed by atoms with van der Waals surface area (Å²) in [5.41, 5.74) is 17.1. The van der Waals surface area contributed by atoms with Crippen LogP contribution >= 0.6 is 0 Å². The van der Waals surface area contributed by atoms with Crippen LogP contribution in [0.25, 0.3) is 67.9 Å². The summed E-state index contributed by atoms with van der Waals surface area (Å²) in [6.07, 6.45) is 1.35. The van der Waals surface area contributed by atoms with Crippen molar-refractivity contribution >= 4 is 46.9 Å². The summed E-state index contributed by atoms with van der Waals surface area (Å²) in [4.78, 5) is 86.9. The van der Waals surface area contributed by atoms with Crippen LogP contribution in [0.1, 0.15) is 72.1 Å². The van der Waals surface area contributed by atoms with E-state index in [-0.39, 0.29) is 37.7 Å². The molecule has 99 heavy (non-hydrogen) atoms. The van der Waals surface area contributed by atoms with Gasteiger partial charge in [0.15, 0.2) is 0 Å². The van der Waals surface area contributed by atoms with Gasteiger partial charge < -0.3 is 39.7 Å². The second-order valence-electron chi connectivity index (χ2n) is 24.0. The average molecular weight is 1320 g/mol. The van der Waals surface area contributed by atoms with Gasteiger partial charge in [0.05, 0.1) is 12.8 Å². The van der Waals surface area contributed by atoms with Crippen LogP contribution in [-0.4, -0.2) is 89.0 Å². The van der Waals surface area contributed by atoms with Gasteiger partial charge in [0, 0.05) is 57.8 Å². The van der Waals surface area contributed by atoms with Crippen LogP contribution in [0, 0.1) is 20.8 Å². The van der Waals surface area contributed by atoms with Gasteiger partial charge in [0.25, 0.3) is 23.6 Å². The molecule has 4 amide bonds. The zero-order valence-electron chi connectivity index (χ0n) is 54.9. The maximum atomic E-state index is 13.4. The van der Waals surface area contributed by atoms with Crippen molar-refractivity contribution in [2.45, 2.75) is 60.0 Å². The summed E-state index contributed by atoms with van der Waals surface area (Å²) in [5.74, 6) is -1.88. The van der Waals surface area contributed by atoms with E-state index in [2.05, 4.69) is 100 Å². The fourth-order valence-corrected chi connectivity index (χ4v) is 11.0. The van der Waals surface area contributed by atoms with Crippen LogP contribution in [0.4, 0.5) is 11.4 Å². The van der Waals surface area contributed by atoms with Crippen molar-refractivity contribution in [1.82, 2.24) is 30.1 Å². The van der Waals surface area contributed by atoms with Crippen molar-refractivity contribution < 1.29 is 48.0 Å². The standard InChI is InChI=1S/C41H36N4O5.C40H34N4O5/c1-3-28-5-4-6-30(23-28)24-37(46)42-36-21-19-35(20-22-36)41(49)45(26-38(47)48)25-29-9-13-33(14-10-29)39-43-40(50-44-39)34-17-15-32(16-18-34)31-11-7-27(2)8-12-31;1-26-6-10-30(11-7-26)31-14-16-33(17-15-31)39-42-38(43-49-39)32-12-8-28(9-13-32)24-44(25-37(46)47)40(48)34-18-20-35(21-19-34)41-36(45)23-29-5-3-4-27(2)22-29/h4-23H,3,24-26H2,1-2H3,(H,42,46)(H,47,48);3-22H,23-25H2,1-2H3,(H,41,45)(H,46,47). The first kappa shape index (κ1) is 67.7. The Morgan fingerprint density at radius 1 is 0.374 bits per heavy atom. The number of aryl methyl sites for hydroxylation is 4. The van der Waals surface area contributed by atoms with Gasteiger partial charge in [-0.25, -0.2) is 0 Å². The number of hydrogen-bond donors (Lipinski definition) is 4. The van der Waals surface area contributed by atoms with Crippen molar-refractivity contribution in [3.05, 3.63) is 298 Å². The molecule has 0 aliphatic rings. The molecule has 4 N–H and O–H groups in total. The smallest absolute Gasteiger partial charge is 0.323 e. The van der Waals surface area contributed by atoms with Gasteiger partial charge in [-0.1, -0.05) is 204 Å². The Labute approximate surface area is 572 Å². The Kier molecular flexibility index (Phi) is 21.7. The number of carboxylic acid groups (broad SMARTS) is 2. The highest BCUT2D eigenvalue weighted by molar-refractivity contribution is 5.98. The van der Waals surface area contributed by atoms with Crippen LogP contribution in [0.2, 0.25) is 0 Å². The molecule has 0 saturated heterocycles. The van der Waals surface area contributed by atoms with Crippen LogP contribution in [0.5, 0.6) is 0 Å². The molecule has 12 aromatic rings. The summed E-state index contributed by atoms with van der Waals surface area (Å²) in [6, 6.07) is 75.5. The molecule has 10 aromatic carbocycles. The first-order chi connectivity index (χ1) is 47.9. The first-order valence-electron chi connectivity index (χ1n) is 32.1. The van der Waals surface area contributed by atoms with Crippen LogP contribution in [0.3, 0.4) is 0 Å². The minimum atomic E-state index is -1.13. The van der Waals surface area contributed by atoms with Gasteiger partial charge in [-0.15, -0.1) is 0 Å². The van der Waals surface area contributed by atoms with E-state index in [1.54, 1.807) is 72.8 Å². The zero-order chi connectivity index (χ0) is 69.4. The summed E-state index contributed by atoms with van der Waals surface area (Å²) in [6.45, 7) is 7.35. The lowest BCUT2D eigenvalue weighted by Crippen LogP contribution is -2.35. The molecule has 0 aliphatic heterocycles. The Morgan fingerprint density at radius 2 is 0.717 bits per heavy atom. The van der Waals surface area contributed by atoms with Crippen molar-refractivity contribution in [3.63, 3.8) is 0 Å². The SMILES string of the molecule is CCc1cccc(CC(=O)Nc2ccc(C(=O)N(CC(=O)O)Cc3ccc(-c4noc(-c5ccc(-c6ccc(C)cc6)cc5)n4)cc3)cc2)c1.Cc1ccc(-c2ccc(-c3nc(-c4ccc(CN(CC(=O)O)C(=O)c5ccc(NC(=O)Cc6cccc(C)c6)cc5)cc4)no3)cc2)cc1. The van der Waals surface area contributed by atoms with Crippen molar-refractivity contribution in [3.8, 4) is 67.9 Å². The summed E-state index contributed by atoms with van der Waals surface area (Å²) in [7, 11) is 0. The fraction of sp³-hybridized carbons (Fsp3) is 0.136. The van der Waals surface area contributed by atoms with E-state index in [4.69, 9.17) is 9.05 Å². The number of carboxylic acids is 2. The second kappa shape index (κ2) is 31.7. The van der Waals surface area contributed by atoms with E-state index in [9.17, 15) is 39.0 Å². The van der Waals surface area contributed by atoms with E-state index < -0.39 is 36.8 Å². The monoisotopic (exact) mass is 1310 g/mol. The predicted octanol–water partition coefficient (Wildman–Crippen LogP) is 15.4. The highest BCUT2D eigenvalue weighted by atomic mass is 16.5. The zero-order valence-corrected chi connectivity index (χ0v) is 54.9. The molecule has 0 bridgehead atoms. The number of rotatable bonds is 23. The lowest BCUT2D eigenvalue weighted by Gasteiger charge is -2.21. The molecule has 0 saturated carbocycles. The quantitative estimate of drug-likeness (QED) is 0.0465. The van der Waals surface area contributed by atoms with Gasteiger partial charge in [0.1, 0.15) is 13.1 Å². The maximum Gasteiger partial charge on any atom is 0.323 e. The van der Waals surface area contributed by atoms with E-state index in [1.165, 1.54) is 20.9 Å².